The van der Waals surface area contributed by atoms with Gasteiger partial charge < -0.3 is 10.5 Å². The van der Waals surface area contributed by atoms with Gasteiger partial charge in [0.15, 0.2) is 0 Å². The third-order valence-corrected chi connectivity index (χ3v) is 5.78. The average molecular weight is 460 g/mol. The Morgan fingerprint density at radius 3 is 2.94 bits per heavy atom. The van der Waals surface area contributed by atoms with Gasteiger partial charge in [0, 0.05) is 54.8 Å². The van der Waals surface area contributed by atoms with E-state index < -0.39 is 5.91 Å². The number of hydrogen-bond acceptors (Lipinski definition) is 7. The summed E-state index contributed by atoms with van der Waals surface area (Å²) in [5.41, 5.74) is 12.2. The SMILES string of the molecule is C=NNc1c(-c2cccn3c(C(N)=O)cnc23)cnc(=NCc2c(F)ccc3c2CCO3)n1C. The van der Waals surface area contributed by atoms with Crippen LogP contribution in [0.25, 0.3) is 16.8 Å². The zero-order valence-corrected chi connectivity index (χ0v) is 18.3. The molecule has 1 amide bonds. The minimum atomic E-state index is -0.585. The fraction of sp³-hybridized carbons (Fsp3) is 0.174. The first kappa shape index (κ1) is 21.3. The molecular formula is C23H21FN8O2. The quantitative estimate of drug-likeness (QED) is 0.337. The van der Waals surface area contributed by atoms with E-state index in [0.29, 0.717) is 52.6 Å². The van der Waals surface area contributed by atoms with Crippen LogP contribution in [-0.4, -0.2) is 38.2 Å². The van der Waals surface area contributed by atoms with Gasteiger partial charge >= 0.3 is 0 Å². The number of nitrogens with one attached hydrogen (secondary N) is 1. The maximum atomic E-state index is 14.5. The zero-order chi connectivity index (χ0) is 23.8. The molecule has 5 rings (SSSR count). The molecule has 0 fully saturated rings. The number of fused-ring (bicyclic) bond motifs is 2. The molecule has 10 nitrogen and oxygen atoms in total. The van der Waals surface area contributed by atoms with Crippen molar-refractivity contribution in [1.29, 1.82) is 0 Å². The summed E-state index contributed by atoms with van der Waals surface area (Å²) in [4.78, 5) is 25.2. The monoisotopic (exact) mass is 460 g/mol. The molecule has 1 aliphatic heterocycles. The van der Waals surface area contributed by atoms with E-state index in [-0.39, 0.29) is 18.1 Å². The highest BCUT2D eigenvalue weighted by atomic mass is 19.1. The van der Waals surface area contributed by atoms with Crippen LogP contribution in [0.1, 0.15) is 21.6 Å². The summed E-state index contributed by atoms with van der Waals surface area (Å²) in [5.74, 6) is 0.330. The standard InChI is InChI=1S/C23H21FN8O2/c1-26-30-22-16(14-4-3-8-32-18(20(25)33)12-27-21(14)32)11-29-23(31(22)2)28-10-15-13-7-9-34-19(13)6-5-17(15)24/h3-6,8,11-12,30H,1,7,9-10H2,2H3,(H2,25,33). The number of nitrogens with zero attached hydrogens (tertiary/aromatic N) is 6. The Balaban J connectivity index is 1.62. The molecule has 3 aromatic heterocycles. The second-order valence-corrected chi connectivity index (χ2v) is 7.69. The van der Waals surface area contributed by atoms with Crippen LogP contribution in [0.4, 0.5) is 10.2 Å². The first-order valence-corrected chi connectivity index (χ1v) is 10.5. The summed E-state index contributed by atoms with van der Waals surface area (Å²) in [6.07, 6.45) is 5.40. The Hall–Kier alpha value is -4.54. The van der Waals surface area contributed by atoms with Gasteiger partial charge in [0.25, 0.3) is 5.91 Å². The fourth-order valence-corrected chi connectivity index (χ4v) is 4.14. The van der Waals surface area contributed by atoms with Gasteiger partial charge in [-0.3, -0.25) is 19.2 Å². The smallest absolute Gasteiger partial charge is 0.267 e. The van der Waals surface area contributed by atoms with E-state index in [1.165, 1.54) is 12.3 Å². The average Bonchev–Trinajstić information content (AvgIpc) is 3.48. The Labute approximate surface area is 193 Å². The summed E-state index contributed by atoms with van der Waals surface area (Å²) in [7, 11) is 1.76. The molecule has 1 aromatic carbocycles. The predicted octanol–water partition coefficient (Wildman–Crippen LogP) is 2.04. The molecular weight excluding hydrogens is 439 g/mol. The second-order valence-electron chi connectivity index (χ2n) is 7.69. The number of rotatable bonds is 6. The lowest BCUT2D eigenvalue weighted by Gasteiger charge is -2.14. The number of anilines is 1. The molecule has 0 aliphatic carbocycles. The van der Waals surface area contributed by atoms with Gasteiger partial charge in [0.2, 0.25) is 5.62 Å². The minimum absolute atomic E-state index is 0.108. The fourth-order valence-electron chi connectivity index (χ4n) is 4.14. The van der Waals surface area contributed by atoms with Crippen molar-refractivity contribution in [3.8, 4) is 16.9 Å². The van der Waals surface area contributed by atoms with Crippen LogP contribution in [0.15, 0.2) is 52.9 Å². The van der Waals surface area contributed by atoms with Gasteiger partial charge in [-0.2, -0.15) is 5.10 Å². The van der Waals surface area contributed by atoms with Crippen LogP contribution in [-0.2, 0) is 20.0 Å². The first-order valence-electron chi connectivity index (χ1n) is 10.5. The molecule has 1 aliphatic rings. The number of amides is 1. The molecule has 172 valence electrons. The number of carbonyl (C=O) groups excluding carboxylic acids is 1. The predicted molar refractivity (Wildman–Crippen MR) is 124 cm³/mol. The van der Waals surface area contributed by atoms with Crippen molar-refractivity contribution in [2.75, 3.05) is 12.0 Å². The number of nitrogens with two attached hydrogens (primary N) is 1. The van der Waals surface area contributed by atoms with E-state index >= 15 is 0 Å². The van der Waals surface area contributed by atoms with E-state index in [2.05, 4.69) is 32.2 Å². The number of hydrogen-bond donors (Lipinski definition) is 2. The molecule has 11 heteroatoms. The topological polar surface area (TPSA) is 124 Å². The Morgan fingerprint density at radius 1 is 1.29 bits per heavy atom. The maximum Gasteiger partial charge on any atom is 0.267 e. The Kier molecular flexibility index (Phi) is 5.28. The van der Waals surface area contributed by atoms with Gasteiger partial charge in [0.1, 0.15) is 28.7 Å². The third-order valence-electron chi connectivity index (χ3n) is 5.78. The number of imidazole rings is 1. The Morgan fingerprint density at radius 2 is 2.15 bits per heavy atom. The summed E-state index contributed by atoms with van der Waals surface area (Å²) in [6, 6.07) is 6.66. The highest BCUT2D eigenvalue weighted by Gasteiger charge is 2.20. The lowest BCUT2D eigenvalue weighted by molar-refractivity contribution is 0.0994. The van der Waals surface area contributed by atoms with E-state index in [9.17, 15) is 9.18 Å². The van der Waals surface area contributed by atoms with Crippen molar-refractivity contribution < 1.29 is 13.9 Å². The number of pyridine rings is 1. The zero-order valence-electron chi connectivity index (χ0n) is 18.3. The van der Waals surface area contributed by atoms with Crippen molar-refractivity contribution in [2.24, 2.45) is 22.9 Å². The van der Waals surface area contributed by atoms with Gasteiger partial charge in [-0.25, -0.2) is 19.4 Å². The van der Waals surface area contributed by atoms with Crippen LogP contribution < -0.4 is 21.5 Å². The summed E-state index contributed by atoms with van der Waals surface area (Å²) in [5, 5.41) is 3.82. The summed E-state index contributed by atoms with van der Waals surface area (Å²) in [6.45, 7) is 4.16. The van der Waals surface area contributed by atoms with E-state index in [4.69, 9.17) is 10.5 Å². The van der Waals surface area contributed by atoms with Gasteiger partial charge in [-0.05, 0) is 24.3 Å². The van der Waals surface area contributed by atoms with Crippen LogP contribution in [0.5, 0.6) is 5.75 Å². The molecule has 0 unspecified atom stereocenters. The molecule has 4 aromatic rings. The molecule has 0 saturated heterocycles. The van der Waals surface area contributed by atoms with Crippen LogP contribution >= 0.6 is 0 Å². The number of halogens is 1. The second kappa shape index (κ2) is 8.43. The van der Waals surface area contributed by atoms with Crippen LogP contribution in [0, 0.1) is 5.82 Å². The van der Waals surface area contributed by atoms with Crippen molar-refractivity contribution >= 4 is 24.1 Å². The number of aromatic nitrogens is 4. The highest BCUT2D eigenvalue weighted by molar-refractivity contribution is 5.93. The molecule has 3 N–H and O–H groups in total. The molecule has 0 saturated carbocycles. The molecule has 0 radical (unpaired) electrons. The number of primary amides is 1. The van der Waals surface area contributed by atoms with E-state index in [0.717, 1.165) is 5.56 Å². The maximum absolute atomic E-state index is 14.5. The minimum Gasteiger partial charge on any atom is -0.493 e. The molecule has 34 heavy (non-hydrogen) atoms. The molecule has 0 atom stereocenters. The first-order chi connectivity index (χ1) is 16.5. The van der Waals surface area contributed by atoms with Crippen molar-refractivity contribution in [1.82, 2.24) is 18.9 Å². The number of hydrazone groups is 1. The van der Waals surface area contributed by atoms with Crippen LogP contribution in [0.3, 0.4) is 0 Å². The summed E-state index contributed by atoms with van der Waals surface area (Å²) < 4.78 is 23.4. The van der Waals surface area contributed by atoms with E-state index in [1.54, 1.807) is 40.5 Å². The van der Waals surface area contributed by atoms with Crippen LogP contribution in [0.2, 0.25) is 0 Å². The summed E-state index contributed by atoms with van der Waals surface area (Å²) >= 11 is 0. The van der Waals surface area contributed by atoms with Gasteiger partial charge in [-0.1, -0.05) is 0 Å². The Bertz CT molecular complexity index is 1520. The van der Waals surface area contributed by atoms with Crippen molar-refractivity contribution in [3.05, 3.63) is 71.1 Å². The molecule has 0 bridgehead atoms. The third kappa shape index (κ3) is 3.47. The van der Waals surface area contributed by atoms with Crippen molar-refractivity contribution in [2.45, 2.75) is 13.0 Å². The van der Waals surface area contributed by atoms with Gasteiger partial charge in [-0.15, -0.1) is 0 Å². The van der Waals surface area contributed by atoms with Gasteiger partial charge in [0.05, 0.1) is 19.3 Å². The molecule has 4 heterocycles. The largest absolute Gasteiger partial charge is 0.493 e. The number of benzene rings is 1. The lowest BCUT2D eigenvalue weighted by atomic mass is 10.0. The number of carbonyl (C=O) groups is 1. The van der Waals surface area contributed by atoms with Crippen molar-refractivity contribution in [3.63, 3.8) is 0 Å². The molecule has 0 spiro atoms. The normalized spacial score (nSPS) is 13.1. The highest BCUT2D eigenvalue weighted by Crippen LogP contribution is 2.31. The lowest BCUT2D eigenvalue weighted by Crippen LogP contribution is -2.25. The van der Waals surface area contributed by atoms with E-state index in [1.807, 2.05) is 6.07 Å². The number of ether oxygens (including phenoxy) is 1.